The molecule has 0 fully saturated rings. The summed E-state index contributed by atoms with van der Waals surface area (Å²) < 4.78 is 10.5. The van der Waals surface area contributed by atoms with Crippen LogP contribution >= 0.6 is 0 Å². The summed E-state index contributed by atoms with van der Waals surface area (Å²) in [6.45, 7) is 3.96. The van der Waals surface area contributed by atoms with Gasteiger partial charge in [0, 0.05) is 12.8 Å². The second-order valence-electron chi connectivity index (χ2n) is 11.9. The summed E-state index contributed by atoms with van der Waals surface area (Å²) in [7, 11) is 0. The Bertz CT molecular complexity index is 808. The van der Waals surface area contributed by atoms with Gasteiger partial charge in [0.2, 0.25) is 0 Å². The SMILES string of the molecule is CC/C=C\C/C=C\C/C=C\C/C=C\C/C=C\CCCCCCCCCC(=O)OC(CO)COC(=O)CCCCCCCCCC. The van der Waals surface area contributed by atoms with Crippen LogP contribution in [-0.4, -0.2) is 36.4 Å². The minimum absolute atomic E-state index is 0.0717. The Morgan fingerprint density at radius 1 is 0.533 bits per heavy atom. The summed E-state index contributed by atoms with van der Waals surface area (Å²) in [4.78, 5) is 24.1. The Morgan fingerprint density at radius 3 is 1.44 bits per heavy atom. The number of carbonyl (C=O) groups is 2. The molecule has 5 heteroatoms. The van der Waals surface area contributed by atoms with Gasteiger partial charge in [-0.25, -0.2) is 0 Å². The lowest BCUT2D eigenvalue weighted by Gasteiger charge is -2.15. The third-order valence-corrected chi connectivity index (χ3v) is 7.58. The monoisotopic (exact) mass is 629 g/mol. The molecular formula is C40H68O5. The van der Waals surface area contributed by atoms with Gasteiger partial charge in [0.25, 0.3) is 0 Å². The fourth-order valence-electron chi connectivity index (χ4n) is 4.81. The molecule has 0 amide bonds. The third-order valence-electron chi connectivity index (χ3n) is 7.58. The zero-order chi connectivity index (χ0) is 32.9. The number of allylic oxidation sites excluding steroid dienone is 10. The van der Waals surface area contributed by atoms with Gasteiger partial charge in [0.15, 0.2) is 6.10 Å². The van der Waals surface area contributed by atoms with E-state index in [1.54, 1.807) is 0 Å². The van der Waals surface area contributed by atoms with E-state index in [1.807, 2.05) is 0 Å². The predicted octanol–water partition coefficient (Wildman–Crippen LogP) is 11.2. The molecule has 0 spiro atoms. The summed E-state index contributed by atoms with van der Waals surface area (Å²) in [5.41, 5.74) is 0. The minimum Gasteiger partial charge on any atom is -0.462 e. The van der Waals surface area contributed by atoms with Gasteiger partial charge >= 0.3 is 11.9 Å². The highest BCUT2D eigenvalue weighted by molar-refractivity contribution is 5.70. The first-order valence-electron chi connectivity index (χ1n) is 18.3. The van der Waals surface area contributed by atoms with Crippen molar-refractivity contribution < 1.29 is 24.2 Å². The molecule has 5 nitrogen and oxygen atoms in total. The van der Waals surface area contributed by atoms with Gasteiger partial charge in [-0.1, -0.05) is 152 Å². The van der Waals surface area contributed by atoms with Crippen molar-refractivity contribution in [3.05, 3.63) is 60.8 Å². The second-order valence-corrected chi connectivity index (χ2v) is 11.9. The summed E-state index contributed by atoms with van der Waals surface area (Å²) >= 11 is 0. The fraction of sp³-hybridized carbons (Fsp3) is 0.700. The van der Waals surface area contributed by atoms with Crippen LogP contribution in [0.25, 0.3) is 0 Å². The number of unbranched alkanes of at least 4 members (excludes halogenated alkanes) is 14. The van der Waals surface area contributed by atoms with Crippen LogP contribution in [0.15, 0.2) is 60.8 Å². The Labute approximate surface area is 277 Å². The number of aliphatic hydroxyl groups excluding tert-OH is 1. The van der Waals surface area contributed by atoms with Gasteiger partial charge in [-0.15, -0.1) is 0 Å². The maximum atomic E-state index is 12.1. The molecule has 0 saturated heterocycles. The number of rotatable bonds is 32. The fourth-order valence-corrected chi connectivity index (χ4v) is 4.81. The van der Waals surface area contributed by atoms with Crippen LogP contribution in [0.1, 0.15) is 162 Å². The van der Waals surface area contributed by atoms with Crippen molar-refractivity contribution in [2.45, 2.75) is 168 Å². The van der Waals surface area contributed by atoms with E-state index < -0.39 is 6.10 Å². The van der Waals surface area contributed by atoms with Crippen LogP contribution < -0.4 is 0 Å². The standard InChI is InChI=1S/C40H68O5/c1-3-5-7-9-11-13-14-15-16-17-18-19-20-21-22-23-24-25-26-27-29-31-33-35-40(43)45-38(36-41)37-44-39(42)34-32-30-28-12-10-8-6-4-2/h5,7,11,13,15-16,18-19,21-22,38,41H,3-4,6,8-10,12,14,17,20,23-37H2,1-2H3/b7-5-,13-11-,16-15-,19-18-,22-21-. The van der Waals surface area contributed by atoms with Gasteiger partial charge in [-0.3, -0.25) is 9.59 Å². The Hall–Kier alpha value is -2.40. The zero-order valence-electron chi connectivity index (χ0n) is 29.1. The number of esters is 2. The molecule has 0 rings (SSSR count). The lowest BCUT2D eigenvalue weighted by Crippen LogP contribution is -2.28. The molecule has 0 bridgehead atoms. The summed E-state index contributed by atoms with van der Waals surface area (Å²) in [6.07, 6.45) is 45.7. The van der Waals surface area contributed by atoms with E-state index in [-0.39, 0.29) is 25.2 Å². The van der Waals surface area contributed by atoms with Crippen LogP contribution in [0.4, 0.5) is 0 Å². The molecule has 0 radical (unpaired) electrons. The molecule has 258 valence electrons. The number of hydrogen-bond acceptors (Lipinski definition) is 5. The molecule has 0 aliphatic rings. The highest BCUT2D eigenvalue weighted by Gasteiger charge is 2.16. The van der Waals surface area contributed by atoms with Gasteiger partial charge in [0.1, 0.15) is 6.61 Å². The Balaban J connectivity index is 3.60. The molecule has 45 heavy (non-hydrogen) atoms. The minimum atomic E-state index is -0.775. The van der Waals surface area contributed by atoms with Crippen molar-refractivity contribution >= 4 is 11.9 Å². The molecule has 0 saturated carbocycles. The van der Waals surface area contributed by atoms with Gasteiger partial charge in [0.05, 0.1) is 6.61 Å². The number of carbonyl (C=O) groups excluding carboxylic acids is 2. The molecular weight excluding hydrogens is 560 g/mol. The van der Waals surface area contributed by atoms with Crippen LogP contribution in [0.5, 0.6) is 0 Å². The van der Waals surface area contributed by atoms with E-state index in [0.29, 0.717) is 12.8 Å². The van der Waals surface area contributed by atoms with E-state index in [9.17, 15) is 14.7 Å². The molecule has 0 aromatic carbocycles. The van der Waals surface area contributed by atoms with Crippen LogP contribution in [-0.2, 0) is 19.1 Å². The van der Waals surface area contributed by atoms with Gasteiger partial charge in [-0.05, 0) is 57.8 Å². The highest BCUT2D eigenvalue weighted by Crippen LogP contribution is 2.12. The van der Waals surface area contributed by atoms with Crippen molar-refractivity contribution in [2.75, 3.05) is 13.2 Å². The molecule has 0 aromatic heterocycles. The predicted molar refractivity (Wildman–Crippen MR) is 191 cm³/mol. The van der Waals surface area contributed by atoms with Crippen molar-refractivity contribution in [3.8, 4) is 0 Å². The van der Waals surface area contributed by atoms with Crippen molar-refractivity contribution in [3.63, 3.8) is 0 Å². The van der Waals surface area contributed by atoms with E-state index >= 15 is 0 Å². The zero-order valence-corrected chi connectivity index (χ0v) is 29.1. The van der Waals surface area contributed by atoms with E-state index in [1.165, 1.54) is 57.8 Å². The van der Waals surface area contributed by atoms with Crippen LogP contribution in [0, 0.1) is 0 Å². The quantitative estimate of drug-likeness (QED) is 0.0456. The average molecular weight is 629 g/mol. The maximum absolute atomic E-state index is 12.1. The molecule has 1 unspecified atom stereocenters. The molecule has 0 aliphatic carbocycles. The van der Waals surface area contributed by atoms with Gasteiger partial charge in [-0.2, -0.15) is 0 Å². The normalized spacial score (nSPS) is 12.9. The maximum Gasteiger partial charge on any atom is 0.306 e. The smallest absolute Gasteiger partial charge is 0.306 e. The molecule has 0 aromatic rings. The van der Waals surface area contributed by atoms with Crippen molar-refractivity contribution in [2.24, 2.45) is 0 Å². The van der Waals surface area contributed by atoms with Crippen molar-refractivity contribution in [1.82, 2.24) is 0 Å². The van der Waals surface area contributed by atoms with Gasteiger partial charge < -0.3 is 14.6 Å². The van der Waals surface area contributed by atoms with E-state index in [0.717, 1.165) is 77.0 Å². The number of hydrogen-bond donors (Lipinski definition) is 1. The lowest BCUT2D eigenvalue weighted by atomic mass is 10.1. The average Bonchev–Trinajstić information content (AvgIpc) is 3.04. The first kappa shape index (κ1) is 42.6. The van der Waals surface area contributed by atoms with Crippen LogP contribution in [0.3, 0.4) is 0 Å². The lowest BCUT2D eigenvalue weighted by molar-refractivity contribution is -0.161. The molecule has 1 N–H and O–H groups in total. The summed E-state index contributed by atoms with van der Waals surface area (Å²) in [5, 5.41) is 9.50. The largest absolute Gasteiger partial charge is 0.462 e. The molecule has 1 atom stereocenters. The third kappa shape index (κ3) is 34.3. The van der Waals surface area contributed by atoms with E-state index in [4.69, 9.17) is 9.47 Å². The Morgan fingerprint density at radius 2 is 0.956 bits per heavy atom. The Kier molecular flexibility index (Phi) is 34.1. The first-order valence-corrected chi connectivity index (χ1v) is 18.3. The number of ether oxygens (including phenoxy) is 2. The first-order chi connectivity index (χ1) is 22.1. The topological polar surface area (TPSA) is 72.8 Å². The highest BCUT2D eigenvalue weighted by atomic mass is 16.6. The summed E-state index contributed by atoms with van der Waals surface area (Å²) in [5.74, 6) is -0.612. The molecule has 0 heterocycles. The molecule has 0 aliphatic heterocycles. The number of aliphatic hydroxyl groups is 1. The van der Waals surface area contributed by atoms with E-state index in [2.05, 4.69) is 74.6 Å². The van der Waals surface area contributed by atoms with Crippen LogP contribution in [0.2, 0.25) is 0 Å². The second kappa shape index (κ2) is 36.1. The van der Waals surface area contributed by atoms with Crippen molar-refractivity contribution in [1.29, 1.82) is 0 Å². The summed E-state index contributed by atoms with van der Waals surface area (Å²) in [6, 6.07) is 0.